The van der Waals surface area contributed by atoms with Crippen molar-refractivity contribution in [3.8, 4) is 11.8 Å². The van der Waals surface area contributed by atoms with E-state index in [1.165, 1.54) is 24.5 Å². The van der Waals surface area contributed by atoms with Crippen LogP contribution in [0.15, 0.2) is 29.8 Å². The quantitative estimate of drug-likeness (QED) is 0.460. The molecule has 1 aromatic heterocycles. The number of hydrogen-bond donors (Lipinski definition) is 1. The van der Waals surface area contributed by atoms with Crippen molar-refractivity contribution in [2.24, 2.45) is 0 Å². The lowest BCUT2D eigenvalue weighted by Gasteiger charge is -2.07. The van der Waals surface area contributed by atoms with Crippen LogP contribution in [-0.4, -0.2) is 25.6 Å². The number of carbonyl (C=O) groups excluding carboxylic acids is 2. The standard InChI is InChI=1S/C20H20N2O4S/c1-5-26-20(24)17-12(2)13(3)27-19(17)22-18(23)15(11-21)10-14-8-6-7-9-16(14)25-4/h6-10H,5H2,1-4H3,(H,22,23). The third-order valence-electron chi connectivity index (χ3n) is 3.90. The normalized spacial score (nSPS) is 10.9. The van der Waals surface area contributed by atoms with E-state index in [2.05, 4.69) is 5.32 Å². The van der Waals surface area contributed by atoms with E-state index in [0.717, 1.165) is 10.4 Å². The van der Waals surface area contributed by atoms with Gasteiger partial charge in [-0.25, -0.2) is 4.79 Å². The van der Waals surface area contributed by atoms with Crippen molar-refractivity contribution in [3.63, 3.8) is 0 Å². The van der Waals surface area contributed by atoms with E-state index < -0.39 is 11.9 Å². The van der Waals surface area contributed by atoms with Crippen LogP contribution in [0.2, 0.25) is 0 Å². The fraction of sp³-hybridized carbons (Fsp3) is 0.250. The average molecular weight is 384 g/mol. The molecule has 0 fully saturated rings. The highest BCUT2D eigenvalue weighted by Gasteiger charge is 2.23. The maximum Gasteiger partial charge on any atom is 0.341 e. The molecule has 27 heavy (non-hydrogen) atoms. The van der Waals surface area contributed by atoms with Crippen molar-refractivity contribution in [1.82, 2.24) is 0 Å². The maximum absolute atomic E-state index is 12.6. The van der Waals surface area contributed by atoms with Crippen LogP contribution in [0.5, 0.6) is 5.75 Å². The Labute approximate surface area is 162 Å². The molecule has 0 atom stereocenters. The van der Waals surface area contributed by atoms with Gasteiger partial charge in [0.05, 0.1) is 19.3 Å². The van der Waals surface area contributed by atoms with Crippen molar-refractivity contribution < 1.29 is 19.1 Å². The highest BCUT2D eigenvalue weighted by molar-refractivity contribution is 7.16. The number of nitrogens with one attached hydrogen (secondary N) is 1. The molecule has 0 spiro atoms. The smallest absolute Gasteiger partial charge is 0.341 e. The molecule has 2 aromatic rings. The molecule has 7 heteroatoms. The van der Waals surface area contributed by atoms with Crippen molar-refractivity contribution in [2.75, 3.05) is 19.0 Å². The average Bonchev–Trinajstić information content (AvgIpc) is 2.93. The summed E-state index contributed by atoms with van der Waals surface area (Å²) >= 11 is 1.27. The Hall–Kier alpha value is -3.11. The molecule has 1 amide bonds. The van der Waals surface area contributed by atoms with Crippen LogP contribution in [0.1, 0.15) is 33.3 Å². The Morgan fingerprint density at radius 1 is 1.30 bits per heavy atom. The van der Waals surface area contributed by atoms with Crippen molar-refractivity contribution in [1.29, 1.82) is 5.26 Å². The molecule has 0 radical (unpaired) electrons. The third kappa shape index (κ3) is 4.54. The van der Waals surface area contributed by atoms with E-state index in [1.54, 1.807) is 38.1 Å². The number of methoxy groups -OCH3 is 1. The molecule has 0 aliphatic heterocycles. The van der Waals surface area contributed by atoms with Crippen LogP contribution in [-0.2, 0) is 9.53 Å². The van der Waals surface area contributed by atoms with Crippen LogP contribution in [0.4, 0.5) is 5.00 Å². The zero-order valence-corrected chi connectivity index (χ0v) is 16.4. The highest BCUT2D eigenvalue weighted by atomic mass is 32.1. The number of anilines is 1. The van der Waals surface area contributed by atoms with Crippen LogP contribution >= 0.6 is 11.3 Å². The minimum Gasteiger partial charge on any atom is -0.496 e. The van der Waals surface area contributed by atoms with Gasteiger partial charge in [0.2, 0.25) is 0 Å². The number of hydrogen-bond acceptors (Lipinski definition) is 6. The zero-order valence-electron chi connectivity index (χ0n) is 15.6. The largest absolute Gasteiger partial charge is 0.496 e. The number of aryl methyl sites for hydroxylation is 1. The lowest BCUT2D eigenvalue weighted by molar-refractivity contribution is -0.112. The van der Waals surface area contributed by atoms with E-state index >= 15 is 0 Å². The summed E-state index contributed by atoms with van der Waals surface area (Å²) in [5, 5.41) is 12.5. The van der Waals surface area contributed by atoms with Gasteiger partial charge < -0.3 is 14.8 Å². The predicted octanol–water partition coefficient (Wildman–Crippen LogP) is 4.10. The fourth-order valence-electron chi connectivity index (χ4n) is 2.42. The Bertz CT molecular complexity index is 938. The zero-order chi connectivity index (χ0) is 20.0. The lowest BCUT2D eigenvalue weighted by Crippen LogP contribution is -2.16. The highest BCUT2D eigenvalue weighted by Crippen LogP contribution is 2.33. The first-order valence-corrected chi connectivity index (χ1v) is 9.07. The molecule has 0 saturated heterocycles. The molecule has 0 aliphatic carbocycles. The Morgan fingerprint density at radius 3 is 2.63 bits per heavy atom. The second-order valence-electron chi connectivity index (χ2n) is 5.57. The molecule has 2 rings (SSSR count). The van der Waals surface area contributed by atoms with Gasteiger partial charge in [0.1, 0.15) is 22.4 Å². The first-order valence-electron chi connectivity index (χ1n) is 8.26. The van der Waals surface area contributed by atoms with Crippen LogP contribution in [0.3, 0.4) is 0 Å². The van der Waals surface area contributed by atoms with E-state index in [1.807, 2.05) is 13.0 Å². The van der Waals surface area contributed by atoms with E-state index in [0.29, 0.717) is 21.9 Å². The number of thiophene rings is 1. The number of benzene rings is 1. The third-order valence-corrected chi connectivity index (χ3v) is 5.02. The number of ether oxygens (including phenoxy) is 2. The van der Waals surface area contributed by atoms with Crippen molar-refractivity contribution in [2.45, 2.75) is 20.8 Å². The van der Waals surface area contributed by atoms with Crippen LogP contribution in [0.25, 0.3) is 6.08 Å². The van der Waals surface area contributed by atoms with Gasteiger partial charge in [-0.1, -0.05) is 18.2 Å². The number of nitrogens with zero attached hydrogens (tertiary/aromatic N) is 1. The number of amides is 1. The van der Waals surface area contributed by atoms with Gasteiger partial charge in [-0.2, -0.15) is 5.26 Å². The molecular formula is C20H20N2O4S. The summed E-state index contributed by atoms with van der Waals surface area (Å²) in [4.78, 5) is 25.7. The maximum atomic E-state index is 12.6. The molecule has 140 valence electrons. The molecule has 0 unspecified atom stereocenters. The Kier molecular flexibility index (Phi) is 6.74. The van der Waals surface area contributed by atoms with Gasteiger partial charge in [0, 0.05) is 10.4 Å². The van der Waals surface area contributed by atoms with Gasteiger partial charge in [-0.05, 0) is 38.5 Å². The summed E-state index contributed by atoms with van der Waals surface area (Å²) < 4.78 is 10.3. The molecule has 1 heterocycles. The SMILES string of the molecule is CCOC(=O)c1c(NC(=O)C(C#N)=Cc2ccccc2OC)sc(C)c1C. The van der Waals surface area contributed by atoms with E-state index in [9.17, 15) is 14.9 Å². The number of esters is 1. The summed E-state index contributed by atoms with van der Waals surface area (Å²) in [5.74, 6) is -0.551. The minimum atomic E-state index is -0.602. The second kappa shape index (κ2) is 9.01. The first-order chi connectivity index (χ1) is 12.9. The first kappa shape index (κ1) is 20.2. The Balaban J connectivity index is 2.36. The second-order valence-corrected chi connectivity index (χ2v) is 6.80. The van der Waals surface area contributed by atoms with Gasteiger partial charge in [0.25, 0.3) is 5.91 Å². The van der Waals surface area contributed by atoms with Gasteiger partial charge in [-0.3, -0.25) is 4.79 Å². The van der Waals surface area contributed by atoms with Gasteiger partial charge in [-0.15, -0.1) is 11.3 Å². The van der Waals surface area contributed by atoms with E-state index in [-0.39, 0.29) is 12.2 Å². The molecular weight excluding hydrogens is 364 g/mol. The number of rotatable bonds is 6. The number of nitriles is 1. The van der Waals surface area contributed by atoms with Crippen molar-refractivity contribution in [3.05, 3.63) is 51.4 Å². The Morgan fingerprint density at radius 2 is 2.00 bits per heavy atom. The topological polar surface area (TPSA) is 88.4 Å². The molecule has 0 aliphatic rings. The monoisotopic (exact) mass is 384 g/mol. The van der Waals surface area contributed by atoms with Crippen LogP contribution in [0, 0.1) is 25.2 Å². The fourth-order valence-corrected chi connectivity index (χ4v) is 3.47. The summed E-state index contributed by atoms with van der Waals surface area (Å²) in [7, 11) is 1.52. The summed E-state index contributed by atoms with van der Waals surface area (Å²) in [5.41, 5.74) is 1.58. The predicted molar refractivity (Wildman–Crippen MR) is 105 cm³/mol. The molecule has 1 N–H and O–H groups in total. The molecule has 0 bridgehead atoms. The van der Waals surface area contributed by atoms with Crippen molar-refractivity contribution >= 4 is 34.3 Å². The molecule has 1 aromatic carbocycles. The molecule has 0 saturated carbocycles. The van der Waals surface area contributed by atoms with E-state index in [4.69, 9.17) is 9.47 Å². The molecule has 6 nitrogen and oxygen atoms in total. The van der Waals surface area contributed by atoms with Gasteiger partial charge in [0.15, 0.2) is 0 Å². The summed E-state index contributed by atoms with van der Waals surface area (Å²) in [6.45, 7) is 5.60. The summed E-state index contributed by atoms with van der Waals surface area (Å²) in [6.07, 6.45) is 1.45. The lowest BCUT2D eigenvalue weighted by atomic mass is 10.1. The van der Waals surface area contributed by atoms with Crippen LogP contribution < -0.4 is 10.1 Å². The number of carbonyl (C=O) groups is 2. The minimum absolute atomic E-state index is 0.0991. The summed E-state index contributed by atoms with van der Waals surface area (Å²) in [6, 6.07) is 8.96. The van der Waals surface area contributed by atoms with Gasteiger partial charge >= 0.3 is 5.97 Å². The number of para-hydroxylation sites is 1.